The van der Waals surface area contributed by atoms with Gasteiger partial charge in [0.15, 0.2) is 0 Å². The molecule has 0 radical (unpaired) electrons. The zero-order chi connectivity index (χ0) is 13.8. The van der Waals surface area contributed by atoms with Crippen LogP contribution in [0.3, 0.4) is 0 Å². The van der Waals surface area contributed by atoms with E-state index in [4.69, 9.17) is 5.11 Å². The van der Waals surface area contributed by atoms with Gasteiger partial charge in [-0.3, -0.25) is 4.79 Å². The number of anilines is 1. The molecule has 0 amide bonds. The normalized spacial score (nSPS) is 18.4. The van der Waals surface area contributed by atoms with Gasteiger partial charge in [-0.25, -0.2) is 9.78 Å². The summed E-state index contributed by atoms with van der Waals surface area (Å²) in [4.78, 5) is 28.1. The van der Waals surface area contributed by atoms with Crippen molar-refractivity contribution in [3.8, 4) is 0 Å². The van der Waals surface area contributed by atoms with Crippen molar-refractivity contribution in [3.05, 3.63) is 24.0 Å². The SMILES string of the molecule is COC(=O)c1cc(N2CCC(CC(=O)O)C2)ccn1. The van der Waals surface area contributed by atoms with Crippen LogP contribution in [-0.4, -0.2) is 42.2 Å². The number of nitrogens with zero attached hydrogens (tertiary/aromatic N) is 2. The summed E-state index contributed by atoms with van der Waals surface area (Å²) in [6.07, 6.45) is 2.60. The molecule has 1 unspecified atom stereocenters. The predicted molar refractivity (Wildman–Crippen MR) is 68.1 cm³/mol. The van der Waals surface area contributed by atoms with Crippen molar-refractivity contribution in [2.45, 2.75) is 12.8 Å². The highest BCUT2D eigenvalue weighted by molar-refractivity contribution is 5.88. The smallest absolute Gasteiger partial charge is 0.356 e. The van der Waals surface area contributed by atoms with Crippen LogP contribution in [0, 0.1) is 5.92 Å². The Kier molecular flexibility index (Phi) is 3.99. The Morgan fingerprint density at radius 1 is 1.58 bits per heavy atom. The van der Waals surface area contributed by atoms with Gasteiger partial charge in [0.2, 0.25) is 0 Å². The fourth-order valence-electron chi connectivity index (χ4n) is 2.31. The quantitative estimate of drug-likeness (QED) is 0.822. The van der Waals surface area contributed by atoms with E-state index in [1.807, 2.05) is 6.07 Å². The molecule has 0 bridgehead atoms. The molecule has 1 atom stereocenters. The zero-order valence-electron chi connectivity index (χ0n) is 10.7. The largest absolute Gasteiger partial charge is 0.481 e. The summed E-state index contributed by atoms with van der Waals surface area (Å²) in [5, 5.41) is 8.79. The first-order valence-electron chi connectivity index (χ1n) is 6.11. The molecule has 102 valence electrons. The number of hydrogen-bond acceptors (Lipinski definition) is 5. The van der Waals surface area contributed by atoms with E-state index in [0.29, 0.717) is 6.54 Å². The molecule has 0 spiro atoms. The van der Waals surface area contributed by atoms with E-state index < -0.39 is 11.9 Å². The van der Waals surface area contributed by atoms with Crippen molar-refractivity contribution in [2.75, 3.05) is 25.1 Å². The van der Waals surface area contributed by atoms with E-state index >= 15 is 0 Å². The Labute approximate surface area is 111 Å². The van der Waals surface area contributed by atoms with Crippen molar-refractivity contribution < 1.29 is 19.4 Å². The van der Waals surface area contributed by atoms with Gasteiger partial charge in [-0.05, 0) is 24.5 Å². The highest BCUT2D eigenvalue weighted by Gasteiger charge is 2.25. The van der Waals surface area contributed by atoms with Gasteiger partial charge in [-0.1, -0.05) is 0 Å². The second-order valence-corrected chi connectivity index (χ2v) is 4.59. The Bertz CT molecular complexity index is 489. The Hall–Kier alpha value is -2.11. The third-order valence-electron chi connectivity index (χ3n) is 3.25. The molecule has 1 aliphatic rings. The number of carboxylic acid groups (broad SMARTS) is 1. The molecule has 0 aromatic carbocycles. The number of methoxy groups -OCH3 is 1. The molecule has 1 aromatic heterocycles. The number of aromatic nitrogens is 1. The number of rotatable bonds is 4. The van der Waals surface area contributed by atoms with Gasteiger partial charge in [0, 0.05) is 31.4 Å². The summed E-state index contributed by atoms with van der Waals surface area (Å²) in [6, 6.07) is 3.49. The molecule has 1 aromatic rings. The molecule has 1 saturated heterocycles. The van der Waals surface area contributed by atoms with E-state index in [9.17, 15) is 9.59 Å². The number of carbonyl (C=O) groups is 2. The van der Waals surface area contributed by atoms with Crippen LogP contribution in [0.2, 0.25) is 0 Å². The van der Waals surface area contributed by atoms with Gasteiger partial charge in [-0.15, -0.1) is 0 Å². The van der Waals surface area contributed by atoms with Crippen LogP contribution >= 0.6 is 0 Å². The minimum absolute atomic E-state index is 0.159. The van der Waals surface area contributed by atoms with Crippen LogP contribution in [0.15, 0.2) is 18.3 Å². The highest BCUT2D eigenvalue weighted by Crippen LogP contribution is 2.25. The number of aliphatic carboxylic acids is 1. The summed E-state index contributed by atoms with van der Waals surface area (Å²) >= 11 is 0. The summed E-state index contributed by atoms with van der Waals surface area (Å²) in [5.41, 5.74) is 1.14. The maximum atomic E-state index is 11.4. The minimum Gasteiger partial charge on any atom is -0.481 e. The van der Waals surface area contributed by atoms with E-state index in [2.05, 4.69) is 14.6 Å². The van der Waals surface area contributed by atoms with Crippen molar-refractivity contribution in [1.29, 1.82) is 0 Å². The lowest BCUT2D eigenvalue weighted by atomic mass is 10.1. The van der Waals surface area contributed by atoms with Gasteiger partial charge in [0.25, 0.3) is 0 Å². The molecule has 1 aliphatic heterocycles. The van der Waals surface area contributed by atoms with Crippen LogP contribution in [0.5, 0.6) is 0 Å². The van der Waals surface area contributed by atoms with Gasteiger partial charge in [0.05, 0.1) is 7.11 Å². The zero-order valence-corrected chi connectivity index (χ0v) is 10.7. The fraction of sp³-hybridized carbons (Fsp3) is 0.462. The molecule has 6 heteroatoms. The first kappa shape index (κ1) is 13.3. The fourth-order valence-corrected chi connectivity index (χ4v) is 2.31. The number of ether oxygens (including phenoxy) is 1. The number of hydrogen-bond donors (Lipinski definition) is 1. The lowest BCUT2D eigenvalue weighted by Gasteiger charge is -2.18. The maximum absolute atomic E-state index is 11.4. The summed E-state index contributed by atoms with van der Waals surface area (Å²) in [6.45, 7) is 1.49. The first-order valence-corrected chi connectivity index (χ1v) is 6.11. The number of carboxylic acids is 1. The van der Waals surface area contributed by atoms with Crippen molar-refractivity contribution >= 4 is 17.6 Å². The van der Waals surface area contributed by atoms with Crippen LogP contribution < -0.4 is 4.90 Å². The Morgan fingerprint density at radius 2 is 2.37 bits per heavy atom. The topological polar surface area (TPSA) is 79.7 Å². The van der Waals surface area contributed by atoms with E-state index in [-0.39, 0.29) is 18.0 Å². The third kappa shape index (κ3) is 3.21. The predicted octanol–water partition coefficient (Wildman–Crippen LogP) is 1.17. The monoisotopic (exact) mass is 264 g/mol. The molecule has 0 aliphatic carbocycles. The molecule has 2 heterocycles. The summed E-state index contributed by atoms with van der Waals surface area (Å²) < 4.78 is 4.63. The highest BCUT2D eigenvalue weighted by atomic mass is 16.5. The van der Waals surface area contributed by atoms with Crippen molar-refractivity contribution in [3.63, 3.8) is 0 Å². The lowest BCUT2D eigenvalue weighted by Crippen LogP contribution is -2.21. The van der Waals surface area contributed by atoms with Crippen LogP contribution in [0.25, 0.3) is 0 Å². The first-order chi connectivity index (χ1) is 9.10. The number of esters is 1. The van der Waals surface area contributed by atoms with Crippen LogP contribution in [-0.2, 0) is 9.53 Å². The second kappa shape index (κ2) is 5.69. The lowest BCUT2D eigenvalue weighted by molar-refractivity contribution is -0.137. The maximum Gasteiger partial charge on any atom is 0.356 e. The molecule has 6 nitrogen and oxygen atoms in total. The number of carbonyl (C=O) groups excluding carboxylic acids is 1. The van der Waals surface area contributed by atoms with Gasteiger partial charge in [0.1, 0.15) is 5.69 Å². The third-order valence-corrected chi connectivity index (χ3v) is 3.25. The van der Waals surface area contributed by atoms with Gasteiger partial charge < -0.3 is 14.7 Å². The summed E-state index contributed by atoms with van der Waals surface area (Å²) in [7, 11) is 1.31. The van der Waals surface area contributed by atoms with Crippen molar-refractivity contribution in [2.24, 2.45) is 5.92 Å². The molecule has 1 N–H and O–H groups in total. The number of pyridine rings is 1. The molecule has 19 heavy (non-hydrogen) atoms. The van der Waals surface area contributed by atoms with Crippen LogP contribution in [0.4, 0.5) is 5.69 Å². The van der Waals surface area contributed by atoms with Crippen molar-refractivity contribution in [1.82, 2.24) is 4.98 Å². The standard InChI is InChI=1S/C13H16N2O4/c1-19-13(18)11-7-10(2-4-14-11)15-5-3-9(8-15)6-12(16)17/h2,4,7,9H,3,5-6,8H2,1H3,(H,16,17). The Morgan fingerprint density at radius 3 is 3.05 bits per heavy atom. The van der Waals surface area contributed by atoms with E-state index in [1.54, 1.807) is 12.3 Å². The van der Waals surface area contributed by atoms with E-state index in [1.165, 1.54) is 7.11 Å². The molecule has 2 rings (SSSR count). The molecular formula is C13H16N2O4. The molecular weight excluding hydrogens is 248 g/mol. The average molecular weight is 264 g/mol. The molecule has 0 saturated carbocycles. The van der Waals surface area contributed by atoms with Gasteiger partial charge in [-0.2, -0.15) is 0 Å². The van der Waals surface area contributed by atoms with E-state index in [0.717, 1.165) is 18.7 Å². The Balaban J connectivity index is 2.07. The minimum atomic E-state index is -0.767. The van der Waals surface area contributed by atoms with Crippen LogP contribution in [0.1, 0.15) is 23.3 Å². The molecule has 1 fully saturated rings. The van der Waals surface area contributed by atoms with Gasteiger partial charge >= 0.3 is 11.9 Å². The average Bonchev–Trinajstić information content (AvgIpc) is 2.85. The summed E-state index contributed by atoms with van der Waals surface area (Å²) in [5.74, 6) is -1.08. The second-order valence-electron chi connectivity index (χ2n) is 4.59.